The molecule has 0 aliphatic heterocycles. The van der Waals surface area contributed by atoms with E-state index in [2.05, 4.69) is 15.7 Å². The van der Waals surface area contributed by atoms with Crippen molar-refractivity contribution in [3.63, 3.8) is 0 Å². The highest BCUT2D eigenvalue weighted by molar-refractivity contribution is 5.02. The molecule has 1 rings (SSSR count). The third kappa shape index (κ3) is 2.24. The fourth-order valence-electron chi connectivity index (χ4n) is 1.18. The number of nitrogens with two attached hydrogens (primary N) is 1. The van der Waals surface area contributed by atoms with Crippen LogP contribution in [0.2, 0.25) is 0 Å². The number of nitrogens with one attached hydrogen (secondary N) is 1. The molecule has 0 aliphatic carbocycles. The van der Waals surface area contributed by atoms with Crippen molar-refractivity contribution in [2.45, 2.75) is 32.4 Å². The van der Waals surface area contributed by atoms with Crippen molar-refractivity contribution < 1.29 is 8.78 Å². The van der Waals surface area contributed by atoms with Gasteiger partial charge in [-0.25, -0.2) is 18.9 Å². The zero-order valence-electron chi connectivity index (χ0n) is 7.82. The molecule has 0 spiro atoms. The Bertz CT molecular complexity index is 275. The van der Waals surface area contributed by atoms with Crippen molar-refractivity contribution in [1.29, 1.82) is 0 Å². The van der Waals surface area contributed by atoms with Gasteiger partial charge in [-0.15, -0.1) is 5.10 Å². The third-order valence-electron chi connectivity index (χ3n) is 1.83. The second kappa shape index (κ2) is 4.97. The molecule has 1 heterocycles. The molecule has 0 saturated carbocycles. The highest BCUT2D eigenvalue weighted by atomic mass is 19.3. The number of hydrogen-bond donors (Lipinski definition) is 2. The van der Waals surface area contributed by atoms with Gasteiger partial charge in [0.15, 0.2) is 0 Å². The van der Waals surface area contributed by atoms with Gasteiger partial charge in [0.2, 0.25) is 0 Å². The maximum Gasteiger partial charge on any atom is 0.260 e. The predicted molar refractivity (Wildman–Crippen MR) is 46.4 cm³/mol. The van der Waals surface area contributed by atoms with E-state index < -0.39 is 12.5 Å². The van der Waals surface area contributed by atoms with Crippen LogP contribution >= 0.6 is 0 Å². The van der Waals surface area contributed by atoms with Gasteiger partial charge in [-0.05, 0) is 6.42 Å². The van der Waals surface area contributed by atoms with Crippen LogP contribution in [0.4, 0.5) is 8.78 Å². The molecule has 0 saturated heterocycles. The minimum atomic E-state index is -2.57. The summed E-state index contributed by atoms with van der Waals surface area (Å²) in [5, 5.41) is 7.27. The Morgan fingerprint density at radius 1 is 1.64 bits per heavy atom. The molecule has 1 atom stereocenters. The van der Waals surface area contributed by atoms with E-state index in [9.17, 15) is 8.78 Å². The normalized spacial score (nSPS) is 13.5. The summed E-state index contributed by atoms with van der Waals surface area (Å²) in [5.41, 5.74) is 2.36. The van der Waals surface area contributed by atoms with Crippen LogP contribution in [-0.2, 0) is 6.54 Å². The largest absolute Gasteiger partial charge is 0.271 e. The summed E-state index contributed by atoms with van der Waals surface area (Å²) in [6.45, 7) is 2.49. The van der Waals surface area contributed by atoms with E-state index in [0.29, 0.717) is 12.2 Å². The molecule has 14 heavy (non-hydrogen) atoms. The molecule has 3 N–H and O–H groups in total. The summed E-state index contributed by atoms with van der Waals surface area (Å²) in [6, 6.07) is -1.21. The molecular weight excluding hydrogens is 192 g/mol. The first kappa shape index (κ1) is 11.0. The molecule has 0 bridgehead atoms. The van der Waals surface area contributed by atoms with Gasteiger partial charge in [0, 0.05) is 6.54 Å². The first-order valence-electron chi connectivity index (χ1n) is 4.33. The number of nitrogens with zero attached hydrogens (tertiary/aromatic N) is 3. The number of alkyl halides is 2. The van der Waals surface area contributed by atoms with Crippen LogP contribution in [0.3, 0.4) is 0 Å². The minimum absolute atomic E-state index is 0.310. The van der Waals surface area contributed by atoms with Gasteiger partial charge >= 0.3 is 0 Å². The Morgan fingerprint density at radius 3 is 2.86 bits per heavy atom. The van der Waals surface area contributed by atoms with E-state index in [0.717, 1.165) is 6.42 Å². The van der Waals surface area contributed by atoms with Gasteiger partial charge in [-0.3, -0.25) is 5.84 Å². The molecule has 0 radical (unpaired) electrons. The summed E-state index contributed by atoms with van der Waals surface area (Å²) < 4.78 is 26.4. The van der Waals surface area contributed by atoms with Gasteiger partial charge < -0.3 is 0 Å². The van der Waals surface area contributed by atoms with Crippen molar-refractivity contribution in [3.8, 4) is 0 Å². The SMILES string of the molecule is CCCn1nncc1C(NN)C(F)F. The molecule has 80 valence electrons. The second-order valence-corrected chi connectivity index (χ2v) is 2.86. The maximum absolute atomic E-state index is 12.5. The van der Waals surface area contributed by atoms with Crippen molar-refractivity contribution in [3.05, 3.63) is 11.9 Å². The molecule has 1 aromatic rings. The Kier molecular flexibility index (Phi) is 3.90. The Hall–Kier alpha value is -1.08. The number of aryl methyl sites for hydroxylation is 1. The second-order valence-electron chi connectivity index (χ2n) is 2.86. The lowest BCUT2D eigenvalue weighted by atomic mass is 10.2. The Balaban J connectivity index is 2.86. The number of hydrazine groups is 1. The van der Waals surface area contributed by atoms with Gasteiger partial charge in [-0.1, -0.05) is 12.1 Å². The number of halogens is 2. The molecule has 0 fully saturated rings. The van der Waals surface area contributed by atoms with E-state index in [1.807, 2.05) is 6.92 Å². The molecule has 0 aromatic carbocycles. The molecule has 1 unspecified atom stereocenters. The summed E-state index contributed by atoms with van der Waals surface area (Å²) in [5.74, 6) is 5.03. The zero-order valence-corrected chi connectivity index (χ0v) is 7.82. The first-order valence-corrected chi connectivity index (χ1v) is 4.33. The topological polar surface area (TPSA) is 68.8 Å². The molecule has 1 aromatic heterocycles. The highest BCUT2D eigenvalue weighted by Crippen LogP contribution is 2.18. The maximum atomic E-state index is 12.5. The fourth-order valence-corrected chi connectivity index (χ4v) is 1.18. The van der Waals surface area contributed by atoms with Crippen LogP contribution in [0.5, 0.6) is 0 Å². The van der Waals surface area contributed by atoms with E-state index in [-0.39, 0.29) is 0 Å². The lowest BCUT2D eigenvalue weighted by Crippen LogP contribution is -2.34. The minimum Gasteiger partial charge on any atom is -0.271 e. The molecule has 0 aliphatic rings. The quantitative estimate of drug-likeness (QED) is 0.541. The first-order chi connectivity index (χ1) is 6.70. The lowest BCUT2D eigenvalue weighted by molar-refractivity contribution is 0.0943. The van der Waals surface area contributed by atoms with Crippen LogP contribution < -0.4 is 11.3 Å². The van der Waals surface area contributed by atoms with E-state index >= 15 is 0 Å². The predicted octanol–water partition coefficient (Wildman–Crippen LogP) is 0.458. The van der Waals surface area contributed by atoms with Gasteiger partial charge in [0.05, 0.1) is 11.9 Å². The summed E-state index contributed by atoms with van der Waals surface area (Å²) in [7, 11) is 0. The summed E-state index contributed by atoms with van der Waals surface area (Å²) >= 11 is 0. The van der Waals surface area contributed by atoms with Crippen LogP contribution in [0.15, 0.2) is 6.20 Å². The monoisotopic (exact) mass is 205 g/mol. The summed E-state index contributed by atoms with van der Waals surface area (Å²) in [6.07, 6.45) is -0.474. The average Bonchev–Trinajstić information content (AvgIpc) is 2.55. The number of hydrogen-bond acceptors (Lipinski definition) is 4. The number of rotatable bonds is 5. The van der Waals surface area contributed by atoms with E-state index in [1.54, 1.807) is 0 Å². The molecule has 5 nitrogen and oxygen atoms in total. The zero-order chi connectivity index (χ0) is 10.6. The fraction of sp³-hybridized carbons (Fsp3) is 0.714. The standard InChI is InChI=1S/C7H13F2N5/c1-2-3-14-5(4-11-13-14)6(12-10)7(8)9/h4,6-7,12H,2-3,10H2,1H3. The highest BCUT2D eigenvalue weighted by Gasteiger charge is 2.24. The molecule has 0 amide bonds. The Labute approximate surface area is 80.2 Å². The van der Waals surface area contributed by atoms with E-state index in [1.165, 1.54) is 10.9 Å². The van der Waals surface area contributed by atoms with Crippen molar-refractivity contribution >= 4 is 0 Å². The van der Waals surface area contributed by atoms with Crippen LogP contribution in [0.1, 0.15) is 25.1 Å². The smallest absolute Gasteiger partial charge is 0.260 e. The van der Waals surface area contributed by atoms with Crippen LogP contribution in [0, 0.1) is 0 Å². The molecule has 7 heteroatoms. The van der Waals surface area contributed by atoms with Crippen LogP contribution in [0.25, 0.3) is 0 Å². The van der Waals surface area contributed by atoms with E-state index in [4.69, 9.17) is 5.84 Å². The van der Waals surface area contributed by atoms with Gasteiger partial charge in [-0.2, -0.15) is 0 Å². The Morgan fingerprint density at radius 2 is 2.36 bits per heavy atom. The van der Waals surface area contributed by atoms with Crippen molar-refractivity contribution in [1.82, 2.24) is 20.4 Å². The van der Waals surface area contributed by atoms with Crippen molar-refractivity contribution in [2.24, 2.45) is 5.84 Å². The summed E-state index contributed by atoms with van der Waals surface area (Å²) in [4.78, 5) is 0. The van der Waals surface area contributed by atoms with Gasteiger partial charge in [0.25, 0.3) is 6.43 Å². The molecular formula is C7H13F2N5. The van der Waals surface area contributed by atoms with Crippen LogP contribution in [-0.4, -0.2) is 21.4 Å². The number of aromatic nitrogens is 3. The third-order valence-corrected chi connectivity index (χ3v) is 1.83. The van der Waals surface area contributed by atoms with Gasteiger partial charge in [0.1, 0.15) is 6.04 Å². The van der Waals surface area contributed by atoms with Crippen molar-refractivity contribution in [2.75, 3.05) is 0 Å². The lowest BCUT2D eigenvalue weighted by Gasteiger charge is -2.15. The average molecular weight is 205 g/mol.